The van der Waals surface area contributed by atoms with Crippen LogP contribution in [-0.2, 0) is 22.6 Å². The highest BCUT2D eigenvalue weighted by Crippen LogP contribution is 2.45. The second-order valence-electron chi connectivity index (χ2n) is 9.98. The first kappa shape index (κ1) is 23.6. The molecule has 2 aliphatic heterocycles. The van der Waals surface area contributed by atoms with E-state index in [-0.39, 0.29) is 24.4 Å². The summed E-state index contributed by atoms with van der Waals surface area (Å²) >= 11 is 0. The number of hydrogen-bond acceptors (Lipinski definition) is 5. The van der Waals surface area contributed by atoms with Gasteiger partial charge in [-0.15, -0.1) is 0 Å². The molecule has 1 saturated heterocycles. The summed E-state index contributed by atoms with van der Waals surface area (Å²) < 4.78 is 38.7. The molecule has 0 bridgehead atoms. The molecular formula is C25H28F3N5O2. The highest BCUT2D eigenvalue weighted by Gasteiger charge is 2.44. The van der Waals surface area contributed by atoms with Gasteiger partial charge in [-0.25, -0.2) is 4.98 Å². The van der Waals surface area contributed by atoms with E-state index in [1.165, 1.54) is 11.0 Å². The third kappa shape index (κ3) is 4.73. The van der Waals surface area contributed by atoms with E-state index in [0.717, 1.165) is 42.5 Å². The van der Waals surface area contributed by atoms with E-state index in [1.807, 2.05) is 4.90 Å². The lowest BCUT2D eigenvalue weighted by molar-refractivity contribution is -0.163. The number of hydrogen-bond donors (Lipinski definition) is 0. The molecular weight excluding hydrogens is 459 g/mol. The Bertz CT molecular complexity index is 1100. The van der Waals surface area contributed by atoms with Crippen LogP contribution in [-0.4, -0.2) is 65.0 Å². The molecule has 2 aliphatic carbocycles. The van der Waals surface area contributed by atoms with Gasteiger partial charge in [-0.1, -0.05) is 6.58 Å². The molecule has 1 unspecified atom stereocenters. The van der Waals surface area contributed by atoms with Crippen molar-refractivity contribution in [3.05, 3.63) is 35.0 Å². The van der Waals surface area contributed by atoms with Crippen LogP contribution in [0.25, 0.3) is 0 Å². The number of aromatic nitrogens is 1. The van der Waals surface area contributed by atoms with Crippen molar-refractivity contribution < 1.29 is 22.8 Å². The summed E-state index contributed by atoms with van der Waals surface area (Å²) in [5, 5.41) is 10.1. The normalized spacial score (nSPS) is 22.5. The molecule has 186 valence electrons. The summed E-state index contributed by atoms with van der Waals surface area (Å²) in [6.07, 6.45) is -0.349. The summed E-state index contributed by atoms with van der Waals surface area (Å²) in [7, 11) is 0. The zero-order valence-electron chi connectivity index (χ0n) is 19.5. The van der Waals surface area contributed by atoms with Gasteiger partial charge < -0.3 is 14.7 Å². The van der Waals surface area contributed by atoms with Gasteiger partial charge in [-0.3, -0.25) is 9.59 Å². The van der Waals surface area contributed by atoms with E-state index >= 15 is 0 Å². The first-order chi connectivity index (χ1) is 16.7. The van der Waals surface area contributed by atoms with Crippen molar-refractivity contribution in [2.24, 2.45) is 5.92 Å². The Hall–Kier alpha value is -3.09. The molecule has 0 radical (unpaired) electrons. The Morgan fingerprint density at radius 2 is 1.89 bits per heavy atom. The first-order valence-electron chi connectivity index (χ1n) is 12.2. The fourth-order valence-corrected chi connectivity index (χ4v) is 5.47. The molecule has 0 spiro atoms. The smallest absolute Gasteiger partial charge is 0.352 e. The lowest BCUT2D eigenvalue weighted by Gasteiger charge is -2.43. The third-order valence-corrected chi connectivity index (χ3v) is 7.52. The Labute approximate surface area is 202 Å². The predicted molar refractivity (Wildman–Crippen MR) is 121 cm³/mol. The molecule has 5 rings (SSSR count). The number of halogens is 3. The van der Waals surface area contributed by atoms with E-state index in [0.29, 0.717) is 49.9 Å². The van der Waals surface area contributed by atoms with E-state index < -0.39 is 18.5 Å². The maximum Gasteiger partial charge on any atom is 0.397 e. The Morgan fingerprint density at radius 3 is 2.49 bits per heavy atom. The second kappa shape index (κ2) is 8.85. The molecule has 4 aliphatic rings. The van der Waals surface area contributed by atoms with Gasteiger partial charge in [0.15, 0.2) is 0 Å². The number of carbonyl (C=O) groups is 2. The van der Waals surface area contributed by atoms with Crippen molar-refractivity contribution in [2.45, 2.75) is 63.2 Å². The summed E-state index contributed by atoms with van der Waals surface area (Å²) in [5.74, 6) is 0.0261. The highest BCUT2D eigenvalue weighted by atomic mass is 19.4. The van der Waals surface area contributed by atoms with Gasteiger partial charge >= 0.3 is 6.18 Å². The Balaban J connectivity index is 1.46. The molecule has 1 atom stereocenters. The lowest BCUT2D eigenvalue weighted by Crippen LogP contribution is -2.57. The van der Waals surface area contributed by atoms with Crippen molar-refractivity contribution in [2.75, 3.05) is 31.1 Å². The number of rotatable bonds is 5. The van der Waals surface area contributed by atoms with Crippen molar-refractivity contribution in [3.8, 4) is 6.07 Å². The zero-order valence-corrected chi connectivity index (χ0v) is 19.5. The molecule has 0 N–H and O–H groups in total. The van der Waals surface area contributed by atoms with E-state index in [4.69, 9.17) is 4.98 Å². The van der Waals surface area contributed by atoms with Crippen LogP contribution in [0.1, 0.15) is 60.4 Å². The first-order valence-corrected chi connectivity index (χ1v) is 12.2. The van der Waals surface area contributed by atoms with E-state index in [1.54, 1.807) is 4.90 Å². The fourth-order valence-electron chi connectivity index (χ4n) is 5.47. The third-order valence-electron chi connectivity index (χ3n) is 7.52. The molecule has 0 aromatic carbocycles. The summed E-state index contributed by atoms with van der Waals surface area (Å²) in [4.78, 5) is 34.8. The maximum absolute atomic E-state index is 12.9. The maximum atomic E-state index is 12.9. The summed E-state index contributed by atoms with van der Waals surface area (Å²) in [6.45, 7) is 5.36. The van der Waals surface area contributed by atoms with Crippen LogP contribution in [0.5, 0.6) is 0 Å². The van der Waals surface area contributed by atoms with Crippen molar-refractivity contribution in [1.82, 2.24) is 14.8 Å². The van der Waals surface area contributed by atoms with Gasteiger partial charge in [0, 0.05) is 38.6 Å². The SMILES string of the molecule is C=CC(=O)N1CCc2c(C#N)c(N3CCN(C(=O)CC(F)(F)F)C(C4CC4)C3)nc(C3CC3)c2C1. The van der Waals surface area contributed by atoms with Crippen molar-refractivity contribution in [3.63, 3.8) is 0 Å². The lowest BCUT2D eigenvalue weighted by atomic mass is 9.92. The average molecular weight is 488 g/mol. The molecule has 35 heavy (non-hydrogen) atoms. The number of nitriles is 1. The Kier molecular flexibility index (Phi) is 5.98. The van der Waals surface area contributed by atoms with Crippen molar-refractivity contribution >= 4 is 17.6 Å². The molecule has 2 saturated carbocycles. The van der Waals surface area contributed by atoms with Crippen LogP contribution >= 0.6 is 0 Å². The van der Waals surface area contributed by atoms with E-state index in [2.05, 4.69) is 12.6 Å². The minimum Gasteiger partial charge on any atom is -0.352 e. The number of anilines is 1. The van der Waals surface area contributed by atoms with Crippen LogP contribution in [0, 0.1) is 17.2 Å². The van der Waals surface area contributed by atoms with Crippen LogP contribution < -0.4 is 4.90 Å². The molecule has 10 heteroatoms. The predicted octanol–water partition coefficient (Wildman–Crippen LogP) is 3.28. The van der Waals surface area contributed by atoms with Crippen LogP contribution in [0.3, 0.4) is 0 Å². The minimum absolute atomic E-state index is 0.146. The molecule has 2 amide bonds. The Morgan fingerprint density at radius 1 is 1.14 bits per heavy atom. The van der Waals surface area contributed by atoms with Gasteiger partial charge in [0.1, 0.15) is 18.3 Å². The number of fused-ring (bicyclic) bond motifs is 1. The van der Waals surface area contributed by atoms with E-state index in [9.17, 15) is 28.0 Å². The standard InChI is InChI=1S/C25H28F3N5O2/c1-2-21(34)31-8-7-17-18(12-29)24(30-23(16-5-6-16)19(17)13-31)32-9-10-33(20(14-32)15-3-4-15)22(35)11-25(26,27)28/h2,15-16,20H,1,3-11,13-14H2. The number of carbonyl (C=O) groups excluding carboxylic acids is 2. The number of nitrogens with zero attached hydrogens (tertiary/aromatic N) is 5. The fraction of sp³-hybridized carbons (Fsp3) is 0.600. The summed E-state index contributed by atoms with van der Waals surface area (Å²) in [6, 6.07) is 2.02. The average Bonchev–Trinajstić information content (AvgIpc) is 3.74. The number of amides is 2. The highest BCUT2D eigenvalue weighted by molar-refractivity contribution is 5.87. The largest absolute Gasteiger partial charge is 0.397 e. The summed E-state index contributed by atoms with van der Waals surface area (Å²) in [5.41, 5.74) is 3.28. The quantitative estimate of drug-likeness (QED) is 0.596. The molecule has 1 aromatic heterocycles. The number of alkyl halides is 3. The zero-order chi connectivity index (χ0) is 24.9. The van der Waals surface area contributed by atoms with Crippen LogP contribution in [0.4, 0.5) is 19.0 Å². The number of pyridine rings is 1. The molecule has 3 heterocycles. The monoisotopic (exact) mass is 487 g/mol. The van der Waals surface area contributed by atoms with Crippen LogP contribution in [0.2, 0.25) is 0 Å². The molecule has 7 nitrogen and oxygen atoms in total. The molecule has 3 fully saturated rings. The number of piperazine rings is 1. The van der Waals surface area contributed by atoms with Gasteiger partial charge in [0.25, 0.3) is 0 Å². The van der Waals surface area contributed by atoms with Crippen LogP contribution in [0.15, 0.2) is 12.7 Å². The van der Waals surface area contributed by atoms with Gasteiger partial charge in [-0.2, -0.15) is 18.4 Å². The van der Waals surface area contributed by atoms with Gasteiger partial charge in [0.05, 0.1) is 17.3 Å². The van der Waals surface area contributed by atoms with Crippen molar-refractivity contribution in [1.29, 1.82) is 5.26 Å². The van der Waals surface area contributed by atoms with Gasteiger partial charge in [0.2, 0.25) is 11.8 Å². The minimum atomic E-state index is -4.53. The molecule has 1 aromatic rings. The topological polar surface area (TPSA) is 80.5 Å². The second-order valence-corrected chi connectivity index (χ2v) is 9.98. The van der Waals surface area contributed by atoms with Gasteiger partial charge in [-0.05, 0) is 55.2 Å².